The molecule has 4 rings (SSSR count). The molecular weight excluding hydrogens is 284 g/mol. The molecule has 3 heterocycles. The normalized spacial score (nSPS) is 34.8. The summed E-state index contributed by atoms with van der Waals surface area (Å²) < 4.78 is 5.78. The highest BCUT2D eigenvalue weighted by Gasteiger charge is 2.65. The topological polar surface area (TPSA) is 93.5 Å². The monoisotopic (exact) mass is 295 g/mol. The molecule has 1 spiro atoms. The summed E-state index contributed by atoms with van der Waals surface area (Å²) >= 11 is 0. The van der Waals surface area contributed by atoms with Crippen molar-refractivity contribution in [2.75, 3.05) is 11.4 Å². The molecule has 0 aromatic heterocycles. The molecule has 2 saturated heterocycles. The summed E-state index contributed by atoms with van der Waals surface area (Å²) in [5.41, 5.74) is -0.0678. The van der Waals surface area contributed by atoms with Gasteiger partial charge in [0.2, 0.25) is 5.91 Å². The number of carbonyl (C=O) groups is 2. The third kappa shape index (κ3) is 1.46. The number of rotatable bonds is 2. The number of aliphatic carboxylic acids is 1. The van der Waals surface area contributed by atoms with Crippen molar-refractivity contribution >= 4 is 17.6 Å². The van der Waals surface area contributed by atoms with E-state index < -0.39 is 29.5 Å². The van der Waals surface area contributed by atoms with Gasteiger partial charge in [-0.1, -0.05) is 24.3 Å². The van der Waals surface area contributed by atoms with Gasteiger partial charge in [-0.25, -0.2) is 0 Å². The Kier molecular flexibility index (Phi) is 2.48. The zero-order valence-corrected chi connectivity index (χ0v) is 11.4. The van der Waals surface area contributed by atoms with Gasteiger partial charge in [0.15, 0.2) is 0 Å². The Morgan fingerprint density at radius 2 is 2.23 bits per heavy atom. The van der Waals surface area contributed by atoms with E-state index in [1.54, 1.807) is 36.4 Å². The Hall–Kier alpha value is -2.65. The van der Waals surface area contributed by atoms with Gasteiger partial charge in [0, 0.05) is 11.9 Å². The van der Waals surface area contributed by atoms with E-state index in [-0.39, 0.29) is 12.5 Å². The molecule has 0 aliphatic carbocycles. The molecule has 1 aromatic rings. The first-order valence-electron chi connectivity index (χ1n) is 6.96. The van der Waals surface area contributed by atoms with Crippen molar-refractivity contribution in [3.8, 4) is 6.07 Å². The summed E-state index contributed by atoms with van der Waals surface area (Å²) in [5, 5.41) is 20.6. The maximum Gasteiger partial charge on any atom is 0.234 e. The second-order valence-corrected chi connectivity index (χ2v) is 5.77. The van der Waals surface area contributed by atoms with Gasteiger partial charge < -0.3 is 19.5 Å². The predicted molar refractivity (Wildman–Crippen MR) is 72.2 cm³/mol. The summed E-state index contributed by atoms with van der Waals surface area (Å²) in [4.78, 5) is 25.6. The van der Waals surface area contributed by atoms with Gasteiger partial charge in [-0.3, -0.25) is 4.79 Å². The molecule has 6 heteroatoms. The highest BCUT2D eigenvalue weighted by atomic mass is 16.5. The highest BCUT2D eigenvalue weighted by molar-refractivity contribution is 6.03. The molecule has 0 radical (unpaired) electrons. The van der Waals surface area contributed by atoms with Crippen molar-refractivity contribution in [3.63, 3.8) is 0 Å². The maximum atomic E-state index is 12.8. The second kappa shape index (κ2) is 4.18. The minimum Gasteiger partial charge on any atom is -0.550 e. The van der Waals surface area contributed by atoms with Crippen LogP contribution in [-0.4, -0.2) is 30.1 Å². The number of carbonyl (C=O) groups excluding carboxylic acids is 2. The van der Waals surface area contributed by atoms with Gasteiger partial charge >= 0.3 is 0 Å². The average Bonchev–Trinajstić information content (AvgIpc) is 3.15. The fourth-order valence-corrected chi connectivity index (χ4v) is 3.77. The number of anilines is 1. The molecule has 3 aliphatic heterocycles. The molecule has 22 heavy (non-hydrogen) atoms. The van der Waals surface area contributed by atoms with Crippen LogP contribution in [0.4, 0.5) is 5.69 Å². The lowest BCUT2D eigenvalue weighted by Gasteiger charge is -2.24. The molecule has 2 bridgehead atoms. The standard InChI is InChI=1S/C16H12N2O4/c17-7-9-3-1-2-4-10(9)18-8-16-6-5-11(22-16)12(15(20)21)13(16)14(18)19/h1-6,11-13H,8H2,(H,20,21)/p-1/t11-,12+,13-,16+/m1/s1. The van der Waals surface area contributed by atoms with Gasteiger partial charge in [-0.2, -0.15) is 5.26 Å². The molecule has 0 saturated carbocycles. The number of fused-ring (bicyclic) bond motifs is 1. The minimum atomic E-state index is -1.27. The minimum absolute atomic E-state index is 0.214. The van der Waals surface area contributed by atoms with E-state index in [0.717, 1.165) is 0 Å². The van der Waals surface area contributed by atoms with Crippen molar-refractivity contribution in [2.24, 2.45) is 11.8 Å². The Balaban J connectivity index is 1.79. The Bertz CT molecular complexity index is 766. The van der Waals surface area contributed by atoms with Crippen LogP contribution in [-0.2, 0) is 14.3 Å². The van der Waals surface area contributed by atoms with E-state index in [0.29, 0.717) is 11.3 Å². The number of carboxylic acids is 1. The van der Waals surface area contributed by atoms with E-state index in [9.17, 15) is 20.0 Å². The average molecular weight is 295 g/mol. The van der Waals surface area contributed by atoms with E-state index in [1.165, 1.54) is 4.90 Å². The van der Waals surface area contributed by atoms with Crippen molar-refractivity contribution in [3.05, 3.63) is 42.0 Å². The van der Waals surface area contributed by atoms with Crippen LogP contribution in [0.25, 0.3) is 0 Å². The molecule has 6 nitrogen and oxygen atoms in total. The van der Waals surface area contributed by atoms with Crippen molar-refractivity contribution in [1.82, 2.24) is 0 Å². The Labute approximate surface area is 126 Å². The Morgan fingerprint density at radius 1 is 1.45 bits per heavy atom. The maximum absolute atomic E-state index is 12.8. The molecule has 0 N–H and O–H groups in total. The van der Waals surface area contributed by atoms with Crippen LogP contribution in [0.2, 0.25) is 0 Å². The molecule has 3 aliphatic rings. The van der Waals surface area contributed by atoms with Gasteiger partial charge in [-0.15, -0.1) is 0 Å². The summed E-state index contributed by atoms with van der Waals surface area (Å²) in [5.74, 6) is -3.37. The van der Waals surface area contributed by atoms with E-state index >= 15 is 0 Å². The van der Waals surface area contributed by atoms with Gasteiger partial charge in [-0.05, 0) is 12.1 Å². The molecule has 2 fully saturated rings. The third-order valence-electron chi connectivity index (χ3n) is 4.69. The van der Waals surface area contributed by atoms with Gasteiger partial charge in [0.05, 0.1) is 29.8 Å². The van der Waals surface area contributed by atoms with E-state index in [4.69, 9.17) is 4.74 Å². The zero-order valence-electron chi connectivity index (χ0n) is 11.4. The molecule has 1 aromatic carbocycles. The third-order valence-corrected chi connectivity index (χ3v) is 4.69. The molecular formula is C16H11N2O4-. The van der Waals surface area contributed by atoms with Crippen LogP contribution in [0.3, 0.4) is 0 Å². The quantitative estimate of drug-likeness (QED) is 0.692. The number of ether oxygens (including phenoxy) is 1. The number of carboxylic acid groups (broad SMARTS) is 1. The molecule has 4 atom stereocenters. The number of nitriles is 1. The van der Waals surface area contributed by atoms with Crippen LogP contribution in [0.5, 0.6) is 0 Å². The van der Waals surface area contributed by atoms with E-state index in [1.807, 2.05) is 0 Å². The first kappa shape index (κ1) is 13.0. The van der Waals surface area contributed by atoms with Gasteiger partial charge in [0.1, 0.15) is 11.7 Å². The lowest BCUT2D eigenvalue weighted by atomic mass is 9.77. The first-order chi connectivity index (χ1) is 10.6. The van der Waals surface area contributed by atoms with Gasteiger partial charge in [0.25, 0.3) is 0 Å². The molecule has 110 valence electrons. The van der Waals surface area contributed by atoms with Crippen LogP contribution < -0.4 is 10.0 Å². The fourth-order valence-electron chi connectivity index (χ4n) is 3.77. The fraction of sp³-hybridized carbons (Fsp3) is 0.312. The van der Waals surface area contributed by atoms with E-state index in [2.05, 4.69) is 6.07 Å². The number of para-hydroxylation sites is 1. The summed E-state index contributed by atoms with van der Waals surface area (Å²) in [6.45, 7) is 0.214. The van der Waals surface area contributed by atoms with Crippen LogP contribution in [0.1, 0.15) is 5.56 Å². The van der Waals surface area contributed by atoms with Crippen LogP contribution in [0, 0.1) is 23.2 Å². The number of benzene rings is 1. The summed E-state index contributed by atoms with van der Waals surface area (Å²) in [6.07, 6.45) is 2.85. The number of hydrogen-bond donors (Lipinski definition) is 0. The van der Waals surface area contributed by atoms with Crippen LogP contribution >= 0.6 is 0 Å². The van der Waals surface area contributed by atoms with Crippen molar-refractivity contribution < 1.29 is 19.4 Å². The number of nitrogens with zero attached hydrogens (tertiary/aromatic N) is 2. The number of hydrogen-bond acceptors (Lipinski definition) is 5. The summed E-state index contributed by atoms with van der Waals surface area (Å²) in [7, 11) is 0. The van der Waals surface area contributed by atoms with Crippen molar-refractivity contribution in [2.45, 2.75) is 11.7 Å². The molecule has 1 amide bonds. The number of amides is 1. The summed E-state index contributed by atoms with van der Waals surface area (Å²) in [6, 6.07) is 8.81. The zero-order chi connectivity index (χ0) is 15.5. The largest absolute Gasteiger partial charge is 0.550 e. The van der Waals surface area contributed by atoms with Crippen LogP contribution in [0.15, 0.2) is 36.4 Å². The molecule has 0 unspecified atom stereocenters. The lowest BCUT2D eigenvalue weighted by Crippen LogP contribution is -2.45. The predicted octanol–water partition coefficient (Wildman–Crippen LogP) is -0.405. The second-order valence-electron chi connectivity index (χ2n) is 5.77. The SMILES string of the molecule is N#Cc1ccccc1N1C[C@]23C=C[C@@H](O2)[C@H](C(=O)[O-])[C@@H]3C1=O. The Morgan fingerprint density at radius 3 is 2.95 bits per heavy atom. The smallest absolute Gasteiger partial charge is 0.234 e. The van der Waals surface area contributed by atoms with Crippen molar-refractivity contribution in [1.29, 1.82) is 5.26 Å². The lowest BCUT2D eigenvalue weighted by molar-refractivity contribution is -0.313. The first-order valence-corrected chi connectivity index (χ1v) is 6.96. The highest BCUT2D eigenvalue weighted by Crippen LogP contribution is 2.52.